The number of nitrogens with one attached hydrogen (secondary N) is 1. The summed E-state index contributed by atoms with van der Waals surface area (Å²) >= 11 is 0. The lowest BCUT2D eigenvalue weighted by Crippen LogP contribution is -2.32. The fourth-order valence-corrected chi connectivity index (χ4v) is 6.61. The Balaban J connectivity index is 1.49. The Morgan fingerprint density at radius 3 is 2.50 bits per heavy atom. The average molecular weight is 512 g/mol. The van der Waals surface area contributed by atoms with Crippen LogP contribution in [0.25, 0.3) is 11.0 Å². The van der Waals surface area contributed by atoms with Crippen LogP contribution in [-0.2, 0) is 10.0 Å². The van der Waals surface area contributed by atoms with E-state index in [2.05, 4.69) is 20.3 Å². The van der Waals surface area contributed by atoms with E-state index in [1.54, 1.807) is 23.8 Å². The van der Waals surface area contributed by atoms with Crippen molar-refractivity contribution in [2.75, 3.05) is 18.4 Å². The van der Waals surface area contributed by atoms with Gasteiger partial charge >= 0.3 is 0 Å². The molecule has 4 heterocycles. The summed E-state index contributed by atoms with van der Waals surface area (Å²) in [4.78, 5) is 39.0. The third kappa shape index (κ3) is 4.29. The van der Waals surface area contributed by atoms with Crippen LogP contribution in [-0.4, -0.2) is 57.2 Å². The summed E-state index contributed by atoms with van der Waals surface area (Å²) in [6, 6.07) is 2.84. The summed E-state index contributed by atoms with van der Waals surface area (Å²) < 4.78 is 28.7. The van der Waals surface area contributed by atoms with Crippen LogP contribution in [0, 0.1) is 6.92 Å². The molecular weight excluding hydrogens is 482 g/mol. The van der Waals surface area contributed by atoms with Crippen molar-refractivity contribution in [2.45, 2.75) is 62.9 Å². The van der Waals surface area contributed by atoms with Crippen molar-refractivity contribution in [3.63, 3.8) is 0 Å². The zero-order chi connectivity index (χ0) is 25.6. The minimum atomic E-state index is -3.66. The quantitative estimate of drug-likeness (QED) is 0.474. The predicted octanol–water partition coefficient (Wildman–Crippen LogP) is 2.28. The van der Waals surface area contributed by atoms with Gasteiger partial charge < -0.3 is 11.1 Å². The van der Waals surface area contributed by atoms with Crippen LogP contribution < -0.4 is 16.6 Å². The van der Waals surface area contributed by atoms with Crippen LogP contribution >= 0.6 is 0 Å². The third-order valence-electron chi connectivity index (χ3n) is 7.05. The smallest absolute Gasteiger partial charge is 0.263 e. The van der Waals surface area contributed by atoms with E-state index in [4.69, 9.17) is 5.73 Å². The number of rotatable bonds is 6. The van der Waals surface area contributed by atoms with Crippen molar-refractivity contribution in [1.82, 2.24) is 23.8 Å². The lowest BCUT2D eigenvalue weighted by Gasteiger charge is -2.19. The van der Waals surface area contributed by atoms with Gasteiger partial charge in [0.15, 0.2) is 5.78 Å². The second-order valence-electron chi connectivity index (χ2n) is 9.52. The van der Waals surface area contributed by atoms with Crippen LogP contribution in [0.3, 0.4) is 0 Å². The molecule has 0 spiro atoms. The zero-order valence-corrected chi connectivity index (χ0v) is 21.1. The molecule has 1 aliphatic heterocycles. The van der Waals surface area contributed by atoms with E-state index in [9.17, 15) is 18.0 Å². The second kappa shape index (κ2) is 9.34. The Morgan fingerprint density at radius 1 is 1.14 bits per heavy atom. The molecule has 11 nitrogen and oxygen atoms in total. The van der Waals surface area contributed by atoms with E-state index in [0.717, 1.165) is 25.7 Å². The van der Waals surface area contributed by atoms with E-state index in [-0.39, 0.29) is 39.8 Å². The van der Waals surface area contributed by atoms with Gasteiger partial charge in [-0.05, 0) is 50.8 Å². The number of aromatic nitrogens is 4. The van der Waals surface area contributed by atoms with Crippen molar-refractivity contribution >= 4 is 38.6 Å². The summed E-state index contributed by atoms with van der Waals surface area (Å²) in [5.74, 6) is 0.305. The predicted molar refractivity (Wildman–Crippen MR) is 135 cm³/mol. The monoisotopic (exact) mass is 511 g/mol. The second-order valence-corrected chi connectivity index (χ2v) is 11.5. The number of carbonyl (C=O) groups excluding carboxylic acids is 1. The molecule has 36 heavy (non-hydrogen) atoms. The lowest BCUT2D eigenvalue weighted by molar-refractivity contribution is 0.101. The Kier molecular flexibility index (Phi) is 6.35. The topological polar surface area (TPSA) is 153 Å². The molecule has 1 saturated heterocycles. The van der Waals surface area contributed by atoms with Crippen LogP contribution in [0.15, 0.2) is 34.2 Å². The maximum absolute atomic E-state index is 13.3. The molecule has 0 bridgehead atoms. The lowest BCUT2D eigenvalue weighted by atomic mass is 10.0. The van der Waals surface area contributed by atoms with Gasteiger partial charge in [-0.25, -0.2) is 18.4 Å². The van der Waals surface area contributed by atoms with Gasteiger partial charge in [0, 0.05) is 43.0 Å². The molecular formula is C24H29N7O4S. The fourth-order valence-electron chi connectivity index (χ4n) is 5.15. The maximum Gasteiger partial charge on any atom is 0.263 e. The van der Waals surface area contributed by atoms with Crippen LogP contribution in [0.2, 0.25) is 0 Å². The van der Waals surface area contributed by atoms with E-state index in [1.165, 1.54) is 23.5 Å². The van der Waals surface area contributed by atoms with Gasteiger partial charge in [-0.1, -0.05) is 12.8 Å². The number of anilines is 2. The van der Waals surface area contributed by atoms with Gasteiger partial charge in [-0.2, -0.15) is 9.29 Å². The normalized spacial score (nSPS) is 19.2. The number of nitrogens with two attached hydrogens (primary N) is 1. The molecule has 0 aromatic carbocycles. The van der Waals surface area contributed by atoms with Crippen molar-refractivity contribution in [3.8, 4) is 0 Å². The van der Waals surface area contributed by atoms with Crippen molar-refractivity contribution in [3.05, 3.63) is 46.0 Å². The summed E-state index contributed by atoms with van der Waals surface area (Å²) in [5.41, 5.74) is 6.75. The Bertz CT molecular complexity index is 1500. The van der Waals surface area contributed by atoms with Gasteiger partial charge in [0.25, 0.3) is 5.56 Å². The number of ketones is 1. The molecule has 2 fully saturated rings. The number of carbonyl (C=O) groups is 1. The standard InChI is InChI=1S/C24H29N7O4S/c1-14-19-12-27-24(29-22(19)31(17-5-3-4-6-17)23(33)21(14)15(2)32)28-20-8-7-18(11-26-20)36(34,35)30-10-9-16(25)13-30/h7-8,11-12,16-17H,3-6,9-10,13,25H2,1-2H3,(H,26,27,28,29). The number of fused-ring (bicyclic) bond motifs is 1. The summed E-state index contributed by atoms with van der Waals surface area (Å²) in [6.45, 7) is 3.82. The largest absolute Gasteiger partial charge is 0.326 e. The Hall–Kier alpha value is -3.22. The number of hydrogen-bond acceptors (Lipinski definition) is 9. The third-order valence-corrected chi connectivity index (χ3v) is 8.90. The van der Waals surface area contributed by atoms with Crippen molar-refractivity contribution in [2.24, 2.45) is 5.73 Å². The van der Waals surface area contributed by atoms with E-state index < -0.39 is 10.0 Å². The zero-order valence-electron chi connectivity index (χ0n) is 20.3. The van der Waals surface area contributed by atoms with Gasteiger partial charge in [0.1, 0.15) is 16.4 Å². The van der Waals surface area contributed by atoms with Crippen LogP contribution in [0.1, 0.15) is 61.0 Å². The van der Waals surface area contributed by atoms with Gasteiger partial charge in [0.2, 0.25) is 16.0 Å². The number of pyridine rings is 2. The first-order valence-electron chi connectivity index (χ1n) is 12.1. The molecule has 0 amide bonds. The summed E-state index contributed by atoms with van der Waals surface area (Å²) in [5, 5.41) is 3.65. The summed E-state index contributed by atoms with van der Waals surface area (Å²) in [7, 11) is -3.66. The Morgan fingerprint density at radius 2 is 1.89 bits per heavy atom. The molecule has 5 rings (SSSR count). The average Bonchev–Trinajstić information content (AvgIpc) is 3.52. The van der Waals surface area contributed by atoms with Crippen molar-refractivity contribution in [1.29, 1.82) is 0 Å². The first-order valence-corrected chi connectivity index (χ1v) is 13.5. The highest BCUT2D eigenvalue weighted by Gasteiger charge is 2.31. The molecule has 0 radical (unpaired) electrons. The van der Waals surface area contributed by atoms with E-state index >= 15 is 0 Å². The molecule has 12 heteroatoms. The van der Waals surface area contributed by atoms with Crippen LogP contribution in [0.5, 0.6) is 0 Å². The molecule has 3 aromatic heterocycles. The highest BCUT2D eigenvalue weighted by Crippen LogP contribution is 2.32. The van der Waals surface area contributed by atoms with Crippen molar-refractivity contribution < 1.29 is 13.2 Å². The minimum absolute atomic E-state index is 0.0252. The maximum atomic E-state index is 13.3. The number of aryl methyl sites for hydroxylation is 1. The van der Waals surface area contributed by atoms with E-state index in [0.29, 0.717) is 41.9 Å². The molecule has 1 atom stereocenters. The number of nitrogens with zero attached hydrogens (tertiary/aromatic N) is 5. The minimum Gasteiger partial charge on any atom is -0.326 e. The molecule has 190 valence electrons. The number of sulfonamides is 1. The molecule has 1 unspecified atom stereocenters. The highest BCUT2D eigenvalue weighted by molar-refractivity contribution is 7.89. The molecule has 2 aliphatic rings. The van der Waals surface area contributed by atoms with Crippen LogP contribution in [0.4, 0.5) is 11.8 Å². The number of hydrogen-bond donors (Lipinski definition) is 2. The Labute approximate surface area is 208 Å². The first-order chi connectivity index (χ1) is 17.2. The highest BCUT2D eigenvalue weighted by atomic mass is 32.2. The van der Waals surface area contributed by atoms with Gasteiger partial charge in [0.05, 0.1) is 5.56 Å². The summed E-state index contributed by atoms with van der Waals surface area (Å²) in [6.07, 6.45) is 7.25. The molecule has 3 N–H and O–H groups in total. The van der Waals surface area contributed by atoms with Gasteiger partial charge in [-0.3, -0.25) is 14.2 Å². The molecule has 3 aromatic rings. The number of Topliss-reactive ketones (excluding diaryl/α,β-unsaturated/α-hetero) is 1. The van der Waals surface area contributed by atoms with E-state index in [1.807, 2.05) is 0 Å². The fraction of sp³-hybridized carbons (Fsp3) is 0.458. The SMILES string of the molecule is CC(=O)c1c(C)c2cnc(Nc3ccc(S(=O)(=O)N4CCC(N)C4)cn3)nc2n(C2CCCC2)c1=O. The first kappa shape index (κ1) is 24.5. The molecule has 1 aliphatic carbocycles. The van der Waals surface area contributed by atoms with Gasteiger partial charge in [-0.15, -0.1) is 0 Å². The molecule has 1 saturated carbocycles.